The van der Waals surface area contributed by atoms with Gasteiger partial charge < -0.3 is 20.1 Å². The van der Waals surface area contributed by atoms with Crippen LogP contribution in [0.4, 0.5) is 0 Å². The number of hydrogen-bond acceptors (Lipinski definition) is 4. The average molecular weight is 411 g/mol. The summed E-state index contributed by atoms with van der Waals surface area (Å²) in [5, 5.41) is 5.81. The van der Waals surface area contributed by atoms with Crippen molar-refractivity contribution in [2.45, 2.75) is 6.92 Å². The number of halogens is 2. The van der Waals surface area contributed by atoms with Crippen LogP contribution in [0, 0.1) is 0 Å². The monoisotopic (exact) mass is 410 g/mol. The maximum Gasteiger partial charge on any atom is 0.251 e. The van der Waals surface area contributed by atoms with Crippen molar-refractivity contribution in [3.63, 3.8) is 0 Å². The molecule has 0 atom stereocenters. The second kappa shape index (κ2) is 10.6. The van der Waals surface area contributed by atoms with Gasteiger partial charge in [-0.25, -0.2) is 0 Å². The van der Waals surface area contributed by atoms with Gasteiger partial charge in [0.05, 0.1) is 29.7 Å². The molecule has 8 heteroatoms. The molecule has 27 heavy (non-hydrogen) atoms. The van der Waals surface area contributed by atoms with E-state index in [1.165, 1.54) is 18.2 Å². The zero-order valence-electron chi connectivity index (χ0n) is 14.8. The van der Waals surface area contributed by atoms with E-state index >= 15 is 0 Å². The minimum atomic E-state index is -0.408. The summed E-state index contributed by atoms with van der Waals surface area (Å²) in [5.74, 6) is 0.726. The largest absolute Gasteiger partial charge is 0.494 e. The summed E-state index contributed by atoms with van der Waals surface area (Å²) >= 11 is 11.7. The second-order valence-corrected chi connectivity index (χ2v) is 6.23. The molecule has 0 aliphatic carbocycles. The fraction of sp³-hybridized carbons (Fsp3) is 0.263. The van der Waals surface area contributed by atoms with Crippen molar-refractivity contribution >= 4 is 35.0 Å². The molecule has 0 spiro atoms. The van der Waals surface area contributed by atoms with Crippen molar-refractivity contribution in [3.8, 4) is 11.5 Å². The Morgan fingerprint density at radius 3 is 2.22 bits per heavy atom. The van der Waals surface area contributed by atoms with Crippen LogP contribution >= 0.6 is 23.2 Å². The molecule has 0 fully saturated rings. The Hall–Kier alpha value is -2.44. The molecule has 0 saturated heterocycles. The lowest BCUT2D eigenvalue weighted by Crippen LogP contribution is -2.38. The third-order valence-electron chi connectivity index (χ3n) is 3.42. The number of nitrogens with one attached hydrogen (secondary N) is 2. The van der Waals surface area contributed by atoms with Gasteiger partial charge in [-0.2, -0.15) is 0 Å². The lowest BCUT2D eigenvalue weighted by molar-refractivity contribution is -0.120. The zero-order chi connectivity index (χ0) is 19.6. The van der Waals surface area contributed by atoms with Gasteiger partial charge in [-0.15, -0.1) is 0 Å². The van der Waals surface area contributed by atoms with Crippen molar-refractivity contribution in [1.82, 2.24) is 10.6 Å². The minimum absolute atomic E-state index is 0.151. The predicted molar refractivity (Wildman–Crippen MR) is 105 cm³/mol. The van der Waals surface area contributed by atoms with Crippen molar-refractivity contribution in [1.29, 1.82) is 0 Å². The summed E-state index contributed by atoms with van der Waals surface area (Å²) < 4.78 is 10.9. The SMILES string of the molecule is CCOc1ccc(OCCNC(=O)CNC(=O)c2ccc(Cl)c(Cl)c2)cc1. The number of benzene rings is 2. The normalized spacial score (nSPS) is 10.2. The molecule has 0 unspecified atom stereocenters. The predicted octanol–water partition coefficient (Wildman–Crippen LogP) is 3.32. The van der Waals surface area contributed by atoms with E-state index in [2.05, 4.69) is 10.6 Å². The molecule has 2 amide bonds. The van der Waals surface area contributed by atoms with E-state index in [9.17, 15) is 9.59 Å². The van der Waals surface area contributed by atoms with Crippen LogP contribution in [0.5, 0.6) is 11.5 Å². The summed E-state index contributed by atoms with van der Waals surface area (Å²) in [7, 11) is 0. The number of rotatable bonds is 9. The molecule has 6 nitrogen and oxygen atoms in total. The molecule has 0 radical (unpaired) electrons. The maximum atomic E-state index is 12.0. The topological polar surface area (TPSA) is 76.7 Å². The van der Waals surface area contributed by atoms with Crippen LogP contribution in [0.1, 0.15) is 17.3 Å². The van der Waals surface area contributed by atoms with E-state index in [0.29, 0.717) is 36.1 Å². The molecule has 0 saturated carbocycles. The van der Waals surface area contributed by atoms with Gasteiger partial charge in [0.15, 0.2) is 0 Å². The van der Waals surface area contributed by atoms with Crippen molar-refractivity contribution in [3.05, 3.63) is 58.1 Å². The Morgan fingerprint density at radius 2 is 1.59 bits per heavy atom. The molecule has 144 valence electrons. The molecule has 0 aliphatic rings. The first-order valence-electron chi connectivity index (χ1n) is 8.35. The Balaban J connectivity index is 1.65. The molecule has 0 aromatic heterocycles. The maximum absolute atomic E-state index is 12.0. The lowest BCUT2D eigenvalue weighted by atomic mass is 10.2. The van der Waals surface area contributed by atoms with E-state index in [0.717, 1.165) is 5.75 Å². The number of carbonyl (C=O) groups is 2. The number of amides is 2. The molecule has 0 heterocycles. The number of carbonyl (C=O) groups excluding carboxylic acids is 2. The third kappa shape index (κ3) is 7.00. The third-order valence-corrected chi connectivity index (χ3v) is 4.16. The van der Waals surface area contributed by atoms with E-state index in [1.54, 1.807) is 12.1 Å². The lowest BCUT2D eigenvalue weighted by Gasteiger charge is -2.09. The Labute approximate surface area is 167 Å². The van der Waals surface area contributed by atoms with Crippen LogP contribution in [0.2, 0.25) is 10.0 Å². The highest BCUT2D eigenvalue weighted by atomic mass is 35.5. The molecule has 2 aromatic rings. The smallest absolute Gasteiger partial charge is 0.251 e. The van der Waals surface area contributed by atoms with E-state index < -0.39 is 5.91 Å². The van der Waals surface area contributed by atoms with E-state index in [1.807, 2.05) is 19.1 Å². The summed E-state index contributed by atoms with van der Waals surface area (Å²) in [4.78, 5) is 23.8. The van der Waals surface area contributed by atoms with Crippen LogP contribution in [-0.2, 0) is 4.79 Å². The first kappa shape index (κ1) is 20.9. The van der Waals surface area contributed by atoms with Gasteiger partial charge in [-0.3, -0.25) is 9.59 Å². The Bertz CT molecular complexity index is 782. The average Bonchev–Trinajstić information content (AvgIpc) is 2.67. The Morgan fingerprint density at radius 1 is 0.926 bits per heavy atom. The van der Waals surface area contributed by atoms with Crippen molar-refractivity contribution < 1.29 is 19.1 Å². The number of hydrogen-bond donors (Lipinski definition) is 2. The summed E-state index contributed by atoms with van der Waals surface area (Å²) in [6.07, 6.45) is 0. The first-order valence-corrected chi connectivity index (χ1v) is 9.10. The van der Waals surface area contributed by atoms with Crippen molar-refractivity contribution in [2.24, 2.45) is 0 Å². The highest BCUT2D eigenvalue weighted by molar-refractivity contribution is 6.42. The Kier molecular flexibility index (Phi) is 8.23. The van der Waals surface area contributed by atoms with E-state index in [-0.39, 0.29) is 17.5 Å². The molecule has 2 rings (SSSR count). The van der Waals surface area contributed by atoms with Gasteiger partial charge in [0.2, 0.25) is 5.91 Å². The van der Waals surface area contributed by atoms with Gasteiger partial charge in [0.25, 0.3) is 5.91 Å². The first-order chi connectivity index (χ1) is 13.0. The summed E-state index contributed by atoms with van der Waals surface area (Å²) in [6, 6.07) is 11.7. The van der Waals surface area contributed by atoms with Crippen LogP contribution in [0.3, 0.4) is 0 Å². The quantitative estimate of drug-likeness (QED) is 0.621. The van der Waals surface area contributed by atoms with Gasteiger partial charge in [-0.1, -0.05) is 23.2 Å². The number of ether oxygens (including phenoxy) is 2. The molecule has 2 aromatic carbocycles. The standard InChI is InChI=1S/C19H20Cl2N2O4/c1-2-26-14-4-6-15(7-5-14)27-10-9-22-18(24)12-23-19(25)13-3-8-16(20)17(21)11-13/h3-8,11H,2,9-10,12H2,1H3,(H,22,24)(H,23,25). The van der Waals surface area contributed by atoms with Gasteiger partial charge >= 0.3 is 0 Å². The van der Waals surface area contributed by atoms with E-state index in [4.69, 9.17) is 32.7 Å². The fourth-order valence-electron chi connectivity index (χ4n) is 2.12. The minimum Gasteiger partial charge on any atom is -0.494 e. The highest BCUT2D eigenvalue weighted by Crippen LogP contribution is 2.22. The van der Waals surface area contributed by atoms with Crippen LogP contribution in [0.15, 0.2) is 42.5 Å². The van der Waals surface area contributed by atoms with Crippen LogP contribution < -0.4 is 20.1 Å². The highest BCUT2D eigenvalue weighted by Gasteiger charge is 2.09. The fourth-order valence-corrected chi connectivity index (χ4v) is 2.42. The van der Waals surface area contributed by atoms with Crippen molar-refractivity contribution in [2.75, 3.05) is 26.3 Å². The van der Waals surface area contributed by atoms with Crippen LogP contribution in [0.25, 0.3) is 0 Å². The molecule has 0 bridgehead atoms. The molecule has 2 N–H and O–H groups in total. The van der Waals surface area contributed by atoms with Gasteiger partial charge in [-0.05, 0) is 49.4 Å². The van der Waals surface area contributed by atoms with Gasteiger partial charge in [0.1, 0.15) is 18.1 Å². The summed E-state index contributed by atoms with van der Waals surface area (Å²) in [6.45, 7) is 2.99. The zero-order valence-corrected chi connectivity index (χ0v) is 16.3. The van der Waals surface area contributed by atoms with Gasteiger partial charge in [0, 0.05) is 5.56 Å². The summed E-state index contributed by atoms with van der Waals surface area (Å²) in [5.41, 5.74) is 0.330. The van der Waals surface area contributed by atoms with Crippen LogP contribution in [-0.4, -0.2) is 38.1 Å². The molecule has 0 aliphatic heterocycles. The second-order valence-electron chi connectivity index (χ2n) is 5.41. The molecular formula is C19H20Cl2N2O4. The molecular weight excluding hydrogens is 391 g/mol.